The van der Waals surface area contributed by atoms with Crippen molar-refractivity contribution in [2.24, 2.45) is 10.7 Å². The van der Waals surface area contributed by atoms with Crippen LogP contribution in [0.2, 0.25) is 0 Å². The summed E-state index contributed by atoms with van der Waals surface area (Å²) >= 11 is 0. The highest BCUT2D eigenvalue weighted by atomic mass is 32.2. The summed E-state index contributed by atoms with van der Waals surface area (Å²) in [5, 5.41) is 2.93. The lowest BCUT2D eigenvalue weighted by atomic mass is 10.7. The van der Waals surface area contributed by atoms with Crippen LogP contribution in [0.25, 0.3) is 0 Å². The van der Waals surface area contributed by atoms with Gasteiger partial charge in [-0.3, -0.25) is 4.21 Å². The highest BCUT2D eigenvalue weighted by Gasteiger charge is 2.07. The summed E-state index contributed by atoms with van der Waals surface area (Å²) in [6.45, 7) is 2.33. The maximum atomic E-state index is 11.5. The van der Waals surface area contributed by atoms with E-state index in [0.717, 1.165) is 0 Å². The van der Waals surface area contributed by atoms with Gasteiger partial charge in [-0.25, -0.2) is 0 Å². The van der Waals surface area contributed by atoms with Gasteiger partial charge in [-0.15, -0.1) is 0 Å². The van der Waals surface area contributed by atoms with Crippen molar-refractivity contribution in [3.63, 3.8) is 0 Å². The number of aliphatic imine (C=N–C) groups is 1. The Labute approximate surface area is 72.1 Å². The van der Waals surface area contributed by atoms with E-state index in [1.165, 1.54) is 10.8 Å². The van der Waals surface area contributed by atoms with E-state index < -0.39 is 9.52 Å². The molecule has 1 unspecified atom stereocenters. The fraction of sp³-hybridized carbons (Fsp3) is 0.429. The normalized spacial score (nSPS) is 28.5. The molecule has 0 aromatic rings. The number of rotatable bonds is 2. The first-order valence-electron chi connectivity index (χ1n) is 3.56. The minimum Gasteiger partial charge on any atom is -0.477 e. The van der Waals surface area contributed by atoms with Crippen molar-refractivity contribution in [3.05, 3.63) is 11.3 Å². The molecule has 0 aromatic carbocycles. The molecule has 1 atom stereocenters. The Morgan fingerprint density at radius 1 is 1.75 bits per heavy atom. The van der Waals surface area contributed by atoms with E-state index in [1.807, 2.05) is 6.92 Å². The van der Waals surface area contributed by atoms with E-state index in [4.69, 9.17) is 10.5 Å². The first kappa shape index (κ1) is 9.12. The zero-order valence-corrected chi connectivity index (χ0v) is 7.93. The van der Waals surface area contributed by atoms with Crippen molar-refractivity contribution < 1.29 is 8.95 Å². The largest absolute Gasteiger partial charge is 0.477 e. The van der Waals surface area contributed by atoms with Crippen LogP contribution < -0.4 is 5.73 Å². The number of ether oxygens (including phenoxy) is 1. The molecule has 1 heterocycles. The zero-order valence-electron chi connectivity index (χ0n) is 7.11. The molecular formula is C7H12N2O2S. The monoisotopic (exact) mass is 188 g/mol. The smallest absolute Gasteiger partial charge is 0.223 e. The van der Waals surface area contributed by atoms with Crippen molar-refractivity contribution in [1.29, 1.82) is 0 Å². The van der Waals surface area contributed by atoms with Crippen LogP contribution in [0.1, 0.15) is 6.92 Å². The fourth-order valence-corrected chi connectivity index (χ4v) is 1.99. The van der Waals surface area contributed by atoms with Gasteiger partial charge >= 0.3 is 0 Å². The molecule has 5 heteroatoms. The maximum Gasteiger partial charge on any atom is 0.223 e. The lowest BCUT2D eigenvalue weighted by Crippen LogP contribution is -2.21. The van der Waals surface area contributed by atoms with E-state index in [-0.39, 0.29) is 5.84 Å². The molecule has 0 saturated heterocycles. The second kappa shape index (κ2) is 3.18. The van der Waals surface area contributed by atoms with Gasteiger partial charge in [0.1, 0.15) is 5.84 Å². The van der Waals surface area contributed by atoms with Crippen molar-refractivity contribution in [3.8, 4) is 0 Å². The van der Waals surface area contributed by atoms with Gasteiger partial charge in [-0.2, -0.15) is 4.99 Å². The van der Waals surface area contributed by atoms with Crippen molar-refractivity contribution in [1.82, 2.24) is 0 Å². The Hall–Kier alpha value is -0.970. The summed E-state index contributed by atoms with van der Waals surface area (Å²) < 4.78 is 16.6. The Kier molecular flexibility index (Phi) is 2.42. The van der Waals surface area contributed by atoms with Gasteiger partial charge in [0.25, 0.3) is 0 Å². The van der Waals surface area contributed by atoms with Gasteiger partial charge < -0.3 is 10.5 Å². The van der Waals surface area contributed by atoms with E-state index in [2.05, 4.69) is 4.99 Å². The minimum absolute atomic E-state index is 0.258. The predicted octanol–water partition coefficient (Wildman–Crippen LogP) is -0.0910. The summed E-state index contributed by atoms with van der Waals surface area (Å²) in [4.78, 5) is 3.87. The lowest BCUT2D eigenvalue weighted by Gasteiger charge is -2.09. The highest BCUT2D eigenvalue weighted by Crippen LogP contribution is 2.06. The SMILES string of the molecule is CCOC1=CS(C)(=O)=CC(N)=N1. The summed E-state index contributed by atoms with van der Waals surface area (Å²) in [7, 11) is -2.12. The molecule has 0 aromatic heterocycles. The standard InChI is InChI=1S/C7H12N2O2S/c1-3-11-7-5-12(2,10)4-6(8)9-7/h4-5H,3H2,1-2H3,(H2,8,9). The molecule has 1 aliphatic heterocycles. The van der Waals surface area contributed by atoms with Gasteiger partial charge in [0.2, 0.25) is 5.88 Å². The molecule has 4 nitrogen and oxygen atoms in total. The summed E-state index contributed by atoms with van der Waals surface area (Å²) in [6, 6.07) is 0. The third-order valence-electron chi connectivity index (χ3n) is 1.22. The van der Waals surface area contributed by atoms with Gasteiger partial charge in [-0.05, 0) is 6.92 Å². The highest BCUT2D eigenvalue weighted by molar-refractivity contribution is 8.04. The van der Waals surface area contributed by atoms with Crippen LogP contribution in [0.4, 0.5) is 0 Å². The molecule has 0 saturated carbocycles. The number of hydrogen-bond acceptors (Lipinski definition) is 4. The van der Waals surface area contributed by atoms with Crippen LogP contribution in [-0.2, 0) is 14.3 Å². The van der Waals surface area contributed by atoms with Crippen molar-refractivity contribution in [2.45, 2.75) is 6.92 Å². The molecule has 1 rings (SSSR count). The maximum absolute atomic E-state index is 11.5. The predicted molar refractivity (Wildman–Crippen MR) is 51.5 cm³/mol. The van der Waals surface area contributed by atoms with Crippen LogP contribution in [0.5, 0.6) is 0 Å². The van der Waals surface area contributed by atoms with Gasteiger partial charge in [0.05, 0.1) is 12.0 Å². The molecular weight excluding hydrogens is 176 g/mol. The zero-order chi connectivity index (χ0) is 9.19. The van der Waals surface area contributed by atoms with Crippen LogP contribution in [0, 0.1) is 0 Å². The van der Waals surface area contributed by atoms with Crippen LogP contribution in [0.15, 0.2) is 16.3 Å². The molecule has 68 valence electrons. The minimum atomic E-state index is -2.12. The van der Waals surface area contributed by atoms with E-state index >= 15 is 0 Å². The quantitative estimate of drug-likeness (QED) is 0.616. The van der Waals surface area contributed by atoms with E-state index in [0.29, 0.717) is 12.5 Å². The fourth-order valence-electron chi connectivity index (χ4n) is 0.868. The lowest BCUT2D eigenvalue weighted by molar-refractivity contribution is 0.228. The van der Waals surface area contributed by atoms with Gasteiger partial charge in [-0.1, -0.05) is 0 Å². The molecule has 0 bridgehead atoms. The Balaban J connectivity index is 3.02. The van der Waals surface area contributed by atoms with Gasteiger partial charge in [0.15, 0.2) is 0 Å². The molecule has 0 aliphatic carbocycles. The van der Waals surface area contributed by atoms with Crippen LogP contribution in [-0.4, -0.2) is 28.3 Å². The summed E-state index contributed by atoms with van der Waals surface area (Å²) in [5.41, 5.74) is 5.43. The molecule has 12 heavy (non-hydrogen) atoms. The molecule has 1 aliphatic rings. The Morgan fingerprint density at radius 2 is 2.42 bits per heavy atom. The van der Waals surface area contributed by atoms with Crippen molar-refractivity contribution in [2.75, 3.05) is 12.9 Å². The third-order valence-corrected chi connectivity index (χ3v) is 2.60. The molecule has 0 radical (unpaired) electrons. The second-order valence-electron chi connectivity index (χ2n) is 2.51. The number of nitrogens with zero attached hydrogens (tertiary/aromatic N) is 1. The molecule has 2 N–H and O–H groups in total. The van der Waals surface area contributed by atoms with Crippen LogP contribution >= 0.6 is 0 Å². The molecule has 0 spiro atoms. The number of nitrogens with two attached hydrogens (primary N) is 1. The van der Waals surface area contributed by atoms with Crippen molar-refractivity contribution >= 4 is 20.7 Å². The average Bonchev–Trinajstić information content (AvgIpc) is 1.82. The number of hydrogen-bond donors (Lipinski definition) is 1. The topological polar surface area (TPSA) is 64.7 Å². The van der Waals surface area contributed by atoms with E-state index in [1.54, 1.807) is 6.26 Å². The molecule has 0 amide bonds. The van der Waals surface area contributed by atoms with E-state index in [9.17, 15) is 4.21 Å². The molecule has 0 fully saturated rings. The average molecular weight is 188 g/mol. The van der Waals surface area contributed by atoms with Gasteiger partial charge in [0, 0.05) is 21.1 Å². The first-order chi connectivity index (χ1) is 5.53. The Morgan fingerprint density at radius 3 is 2.92 bits per heavy atom. The summed E-state index contributed by atoms with van der Waals surface area (Å²) in [6.07, 6.45) is 1.59. The first-order valence-corrected chi connectivity index (χ1v) is 5.65. The number of amidine groups is 1. The summed E-state index contributed by atoms with van der Waals surface area (Å²) in [5.74, 6) is 0.610. The third kappa shape index (κ3) is 2.27. The van der Waals surface area contributed by atoms with Crippen LogP contribution in [0.3, 0.4) is 0 Å². The Bertz CT molecular complexity index is 348. The second-order valence-corrected chi connectivity index (χ2v) is 4.91.